The highest BCUT2D eigenvalue weighted by atomic mass is 16.3. The van der Waals surface area contributed by atoms with E-state index in [9.17, 15) is 9.90 Å². The van der Waals surface area contributed by atoms with Crippen LogP contribution in [0.1, 0.15) is 59.8 Å². The van der Waals surface area contributed by atoms with Crippen molar-refractivity contribution in [3.63, 3.8) is 0 Å². The maximum atomic E-state index is 12.7. The van der Waals surface area contributed by atoms with Crippen LogP contribution in [0.15, 0.2) is 36.0 Å². The number of hydrogen-bond acceptors (Lipinski definition) is 2. The summed E-state index contributed by atoms with van der Waals surface area (Å²) in [6, 6.07) is 0. The summed E-state index contributed by atoms with van der Waals surface area (Å²) in [7, 11) is 0. The quantitative estimate of drug-likeness (QED) is 0.611. The van der Waals surface area contributed by atoms with Gasteiger partial charge < -0.3 is 5.11 Å². The Hall–Kier alpha value is -1.15. The van der Waals surface area contributed by atoms with Crippen LogP contribution in [0.5, 0.6) is 0 Å². The average Bonchev–Trinajstić information content (AvgIpc) is 2.45. The van der Waals surface area contributed by atoms with Crippen molar-refractivity contribution in [1.29, 1.82) is 0 Å². The molecule has 0 aromatic carbocycles. The fourth-order valence-electron chi connectivity index (χ4n) is 3.91. The van der Waals surface area contributed by atoms with Crippen molar-refractivity contribution in [3.8, 4) is 0 Å². The van der Waals surface area contributed by atoms with Gasteiger partial charge in [0.2, 0.25) is 0 Å². The van der Waals surface area contributed by atoms with E-state index in [0.29, 0.717) is 11.8 Å². The molecule has 0 amide bonds. The normalized spacial score (nSPS) is 35.7. The fourth-order valence-corrected chi connectivity index (χ4v) is 3.91. The Kier molecular flexibility index (Phi) is 4.81. The van der Waals surface area contributed by atoms with E-state index in [1.807, 2.05) is 0 Å². The monoisotopic (exact) mass is 302 g/mol. The molecule has 2 nitrogen and oxygen atoms in total. The second-order valence-corrected chi connectivity index (χ2v) is 7.97. The first-order valence-corrected chi connectivity index (χ1v) is 8.43. The highest BCUT2D eigenvalue weighted by molar-refractivity contribution is 5.95. The maximum Gasteiger partial charge on any atom is 0.161 e. The van der Waals surface area contributed by atoms with Gasteiger partial charge in [0.05, 0.1) is 5.60 Å². The molecule has 0 heterocycles. The van der Waals surface area contributed by atoms with E-state index in [2.05, 4.69) is 26.5 Å². The van der Waals surface area contributed by atoms with E-state index in [1.54, 1.807) is 26.0 Å². The number of hydrogen-bond donors (Lipinski definition) is 1. The SMILES string of the molecule is C=C1CC/C=C(\C)CC[C@H]2[C@H]1C[C@]2(C)C(=O)/C=C/C(C)(C)O. The Morgan fingerprint density at radius 3 is 2.77 bits per heavy atom. The van der Waals surface area contributed by atoms with Crippen LogP contribution in [0.4, 0.5) is 0 Å². The minimum Gasteiger partial charge on any atom is -0.386 e. The molecule has 1 saturated carbocycles. The second kappa shape index (κ2) is 6.16. The van der Waals surface area contributed by atoms with Gasteiger partial charge in [0.1, 0.15) is 0 Å². The zero-order valence-corrected chi connectivity index (χ0v) is 14.5. The minimum absolute atomic E-state index is 0.157. The van der Waals surface area contributed by atoms with Crippen LogP contribution in [-0.2, 0) is 4.79 Å². The van der Waals surface area contributed by atoms with Gasteiger partial charge in [-0.05, 0) is 70.8 Å². The zero-order valence-electron chi connectivity index (χ0n) is 14.5. The molecule has 0 spiro atoms. The topological polar surface area (TPSA) is 37.3 Å². The Bertz CT molecular complexity index is 518. The van der Waals surface area contributed by atoms with E-state index in [4.69, 9.17) is 0 Å². The standard InChI is InChI=1S/C20H30O2/c1-14-7-6-8-15(2)16-13-20(5,17(16)10-9-14)18(21)11-12-19(3,4)22/h7,11-12,16-17,22H,2,6,8-10,13H2,1,3-5H3/b12-11+,14-7+/t16-,17-,20-/m0/s1. The number of rotatable bonds is 3. The summed E-state index contributed by atoms with van der Waals surface area (Å²) in [5, 5.41) is 9.79. The predicted octanol–water partition coefficient (Wildman–Crippen LogP) is 4.60. The summed E-state index contributed by atoms with van der Waals surface area (Å²) in [4.78, 5) is 12.7. The predicted molar refractivity (Wildman–Crippen MR) is 91.5 cm³/mol. The first-order chi connectivity index (χ1) is 10.1. The number of ketones is 1. The lowest BCUT2D eigenvalue weighted by Crippen LogP contribution is -2.51. The van der Waals surface area contributed by atoms with Crippen molar-refractivity contribution in [2.24, 2.45) is 17.3 Å². The molecule has 22 heavy (non-hydrogen) atoms. The third-order valence-corrected chi connectivity index (χ3v) is 5.49. The van der Waals surface area contributed by atoms with E-state index in [0.717, 1.165) is 32.1 Å². The molecule has 0 bridgehead atoms. The molecule has 2 rings (SSSR count). The van der Waals surface area contributed by atoms with Gasteiger partial charge in [-0.25, -0.2) is 0 Å². The zero-order chi connectivity index (χ0) is 16.5. The van der Waals surface area contributed by atoms with Crippen LogP contribution in [0.2, 0.25) is 0 Å². The van der Waals surface area contributed by atoms with Crippen molar-refractivity contribution in [2.45, 2.75) is 65.4 Å². The van der Waals surface area contributed by atoms with Gasteiger partial charge in [0.15, 0.2) is 5.78 Å². The molecule has 1 fully saturated rings. The fraction of sp³-hybridized carbons (Fsp3) is 0.650. The maximum absolute atomic E-state index is 12.7. The largest absolute Gasteiger partial charge is 0.386 e. The van der Waals surface area contributed by atoms with E-state index in [-0.39, 0.29) is 11.2 Å². The highest BCUT2D eigenvalue weighted by Gasteiger charge is 2.54. The number of carbonyl (C=O) groups is 1. The number of aliphatic hydroxyl groups is 1. The molecular weight excluding hydrogens is 272 g/mol. The molecule has 2 aliphatic carbocycles. The van der Waals surface area contributed by atoms with Crippen molar-refractivity contribution in [1.82, 2.24) is 0 Å². The summed E-state index contributed by atoms with van der Waals surface area (Å²) >= 11 is 0. The summed E-state index contributed by atoms with van der Waals surface area (Å²) in [5.41, 5.74) is 1.52. The molecule has 122 valence electrons. The molecule has 0 radical (unpaired) electrons. The van der Waals surface area contributed by atoms with Crippen molar-refractivity contribution in [2.75, 3.05) is 0 Å². The van der Waals surface area contributed by atoms with Crippen molar-refractivity contribution < 1.29 is 9.90 Å². The van der Waals surface area contributed by atoms with E-state index < -0.39 is 5.60 Å². The highest BCUT2D eigenvalue weighted by Crippen LogP contribution is 2.57. The summed E-state index contributed by atoms with van der Waals surface area (Å²) in [6.45, 7) is 11.9. The lowest BCUT2D eigenvalue weighted by Gasteiger charge is -2.53. The van der Waals surface area contributed by atoms with Crippen LogP contribution in [0.25, 0.3) is 0 Å². The van der Waals surface area contributed by atoms with Crippen LogP contribution in [0.3, 0.4) is 0 Å². The van der Waals surface area contributed by atoms with Gasteiger partial charge in [-0.15, -0.1) is 0 Å². The lowest BCUT2D eigenvalue weighted by molar-refractivity contribution is -0.137. The van der Waals surface area contributed by atoms with Crippen LogP contribution in [0, 0.1) is 17.3 Å². The van der Waals surface area contributed by atoms with Crippen LogP contribution in [-0.4, -0.2) is 16.5 Å². The molecule has 0 unspecified atom stereocenters. The summed E-state index contributed by atoms with van der Waals surface area (Å²) in [6.07, 6.45) is 10.7. The molecule has 0 aromatic heterocycles. The van der Waals surface area contributed by atoms with Gasteiger partial charge in [-0.1, -0.05) is 36.8 Å². The summed E-state index contributed by atoms with van der Waals surface area (Å²) in [5.74, 6) is 1.04. The Morgan fingerprint density at radius 2 is 2.14 bits per heavy atom. The number of carbonyl (C=O) groups excluding carboxylic acids is 1. The molecule has 1 N–H and O–H groups in total. The smallest absolute Gasteiger partial charge is 0.161 e. The van der Waals surface area contributed by atoms with Crippen molar-refractivity contribution in [3.05, 3.63) is 36.0 Å². The molecule has 0 aromatic rings. The third kappa shape index (κ3) is 3.60. The third-order valence-electron chi connectivity index (χ3n) is 5.49. The molecule has 2 aliphatic rings. The molecule has 0 aliphatic heterocycles. The first kappa shape index (κ1) is 17.2. The second-order valence-electron chi connectivity index (χ2n) is 7.97. The minimum atomic E-state index is -0.934. The van der Waals surface area contributed by atoms with Gasteiger partial charge in [-0.2, -0.15) is 0 Å². The van der Waals surface area contributed by atoms with Crippen LogP contribution < -0.4 is 0 Å². The van der Waals surface area contributed by atoms with Gasteiger partial charge in [-0.3, -0.25) is 4.79 Å². The van der Waals surface area contributed by atoms with E-state index in [1.165, 1.54) is 11.1 Å². The van der Waals surface area contributed by atoms with Crippen molar-refractivity contribution >= 4 is 5.78 Å². The average molecular weight is 302 g/mol. The first-order valence-electron chi connectivity index (χ1n) is 8.43. The Labute approximate surface area is 135 Å². The number of fused-ring (bicyclic) bond motifs is 1. The van der Waals surface area contributed by atoms with E-state index >= 15 is 0 Å². The lowest BCUT2D eigenvalue weighted by atomic mass is 9.49. The molecule has 0 saturated heterocycles. The molecule has 3 atom stereocenters. The molecule has 2 heteroatoms. The van der Waals surface area contributed by atoms with Gasteiger partial charge in [0, 0.05) is 5.41 Å². The number of allylic oxidation sites excluding steroid dienone is 4. The Morgan fingerprint density at radius 1 is 1.45 bits per heavy atom. The molecular formula is C20H30O2. The Balaban J connectivity index is 2.16. The van der Waals surface area contributed by atoms with Crippen LogP contribution >= 0.6 is 0 Å². The summed E-state index contributed by atoms with van der Waals surface area (Å²) < 4.78 is 0. The van der Waals surface area contributed by atoms with Gasteiger partial charge >= 0.3 is 0 Å². The van der Waals surface area contributed by atoms with Gasteiger partial charge in [0.25, 0.3) is 0 Å².